The second-order valence-electron chi connectivity index (χ2n) is 17.1. The van der Waals surface area contributed by atoms with Crippen LogP contribution >= 0.6 is 11.3 Å². The molecule has 0 spiro atoms. The lowest BCUT2D eigenvalue weighted by molar-refractivity contribution is -0.278. The van der Waals surface area contributed by atoms with Crippen LogP contribution in [-0.4, -0.2) is 134 Å². The monoisotopic (exact) mass is 830 g/mol. The standard InChI is InChI=1S/C41H66N8O8S/c1-11-15-28-18-23(3)20-43-27(7)36-41(8,57-40(53)49(36)17-14-13-16-48-22-29(45-46-48)31-21-44-39(42)58-31)32(12-2)55-37(52)26(6)33(50)25(5)35(28)56-38-34(51)30(47(9)10)19-24(4)54-38/h11,21-28,30,32,34-36,38,43,51H,1,12-20H2,2-10H3,(H2,42,44)/t23-,24?,25+,26-,27-,28+,30?,32-,34?,35-,36-,38+,41-/m1/s1. The molecular weight excluding hydrogens is 765 g/mol. The van der Waals surface area contributed by atoms with Gasteiger partial charge in [-0.2, -0.15) is 0 Å². The molecule has 2 aromatic heterocycles. The summed E-state index contributed by atoms with van der Waals surface area (Å²) in [4.78, 5) is 50.8. The quantitative estimate of drug-likeness (QED) is 0.117. The van der Waals surface area contributed by atoms with E-state index in [1.807, 2.05) is 59.0 Å². The van der Waals surface area contributed by atoms with Gasteiger partial charge in [-0.15, -0.1) is 11.7 Å². The van der Waals surface area contributed by atoms with Crippen LogP contribution in [0.15, 0.2) is 25.0 Å². The van der Waals surface area contributed by atoms with Crippen molar-refractivity contribution in [1.29, 1.82) is 0 Å². The summed E-state index contributed by atoms with van der Waals surface area (Å²) >= 11 is 1.35. The first kappa shape index (κ1) is 45.6. The predicted octanol–water partition coefficient (Wildman–Crippen LogP) is 4.53. The van der Waals surface area contributed by atoms with E-state index < -0.39 is 60.1 Å². The van der Waals surface area contributed by atoms with Crippen LogP contribution < -0.4 is 11.1 Å². The third kappa shape index (κ3) is 10.3. The van der Waals surface area contributed by atoms with Crippen molar-refractivity contribution < 1.29 is 38.4 Å². The maximum atomic E-state index is 14.3. The van der Waals surface area contributed by atoms with Gasteiger partial charge in [0.25, 0.3) is 0 Å². The molecular formula is C41H66N8O8S. The van der Waals surface area contributed by atoms with E-state index in [1.54, 1.807) is 29.6 Å². The van der Waals surface area contributed by atoms with E-state index in [0.717, 1.165) is 11.3 Å². The Morgan fingerprint density at radius 3 is 2.53 bits per heavy atom. The summed E-state index contributed by atoms with van der Waals surface area (Å²) in [5, 5.41) is 24.1. The topological polar surface area (TPSA) is 196 Å². The number of cyclic esters (lactones) is 1. The summed E-state index contributed by atoms with van der Waals surface area (Å²) < 4.78 is 27.1. The Balaban J connectivity index is 1.37. The van der Waals surface area contributed by atoms with E-state index in [1.165, 1.54) is 11.3 Å². The first-order valence-electron chi connectivity index (χ1n) is 20.8. The van der Waals surface area contributed by atoms with Crippen LogP contribution in [0, 0.1) is 23.7 Å². The van der Waals surface area contributed by atoms with Crippen LogP contribution in [0.3, 0.4) is 0 Å². The smallest absolute Gasteiger partial charge is 0.410 e. The number of hydrogen-bond donors (Lipinski definition) is 3. The summed E-state index contributed by atoms with van der Waals surface area (Å²) in [6, 6.07) is -0.957. The molecule has 5 rings (SSSR count). The number of likely N-dealkylation sites (N-methyl/N-ethyl adjacent to an activating group) is 1. The molecule has 2 aromatic rings. The molecule has 3 unspecified atom stereocenters. The molecule has 1 amide bonds. The highest BCUT2D eigenvalue weighted by atomic mass is 32.1. The van der Waals surface area contributed by atoms with Crippen molar-refractivity contribution in [2.24, 2.45) is 23.7 Å². The zero-order chi connectivity index (χ0) is 42.5. The van der Waals surface area contributed by atoms with Crippen molar-refractivity contribution in [1.82, 2.24) is 35.1 Å². The second kappa shape index (κ2) is 19.7. The first-order chi connectivity index (χ1) is 27.5. The molecule has 4 N–H and O–H groups in total. The number of carbonyl (C=O) groups is 3. The molecule has 0 aromatic carbocycles. The first-order valence-corrected chi connectivity index (χ1v) is 21.7. The molecule has 3 aliphatic heterocycles. The average molecular weight is 831 g/mol. The number of aliphatic hydroxyl groups excluding tert-OH is 1. The van der Waals surface area contributed by atoms with Crippen LogP contribution in [0.1, 0.15) is 87.0 Å². The molecule has 5 heterocycles. The zero-order valence-corrected chi connectivity index (χ0v) is 36.5. The van der Waals surface area contributed by atoms with E-state index in [0.29, 0.717) is 62.6 Å². The lowest BCUT2D eigenvalue weighted by atomic mass is 9.79. The van der Waals surface area contributed by atoms with Gasteiger partial charge in [-0.25, -0.2) is 9.78 Å². The minimum atomic E-state index is -1.21. The predicted molar refractivity (Wildman–Crippen MR) is 221 cm³/mol. The number of allylic oxidation sites excluding steroid dienone is 1. The normalized spacial score (nSPS) is 35.6. The van der Waals surface area contributed by atoms with Crippen LogP contribution in [0.5, 0.6) is 0 Å². The van der Waals surface area contributed by atoms with Gasteiger partial charge in [0, 0.05) is 37.3 Å². The molecule has 3 fully saturated rings. The van der Waals surface area contributed by atoms with Crippen LogP contribution in [0.2, 0.25) is 0 Å². The fraction of sp³-hybridized carbons (Fsp3) is 0.756. The van der Waals surface area contributed by atoms with Crippen molar-refractivity contribution >= 4 is 34.3 Å². The number of esters is 1. The molecule has 16 nitrogen and oxygen atoms in total. The number of ketones is 1. The Bertz CT molecular complexity index is 1710. The van der Waals surface area contributed by atoms with E-state index in [9.17, 15) is 19.5 Å². The molecule has 13 atom stereocenters. The van der Waals surface area contributed by atoms with Crippen molar-refractivity contribution in [3.63, 3.8) is 0 Å². The fourth-order valence-corrected chi connectivity index (χ4v) is 9.74. The Morgan fingerprint density at radius 2 is 1.88 bits per heavy atom. The van der Waals surface area contributed by atoms with Gasteiger partial charge in [0.2, 0.25) is 0 Å². The van der Waals surface area contributed by atoms with Gasteiger partial charge in [0.05, 0.1) is 29.3 Å². The zero-order valence-electron chi connectivity index (χ0n) is 35.7. The third-order valence-electron chi connectivity index (χ3n) is 12.3. The molecule has 58 heavy (non-hydrogen) atoms. The van der Waals surface area contributed by atoms with Crippen LogP contribution in [0.4, 0.5) is 9.93 Å². The number of rotatable bonds is 12. The van der Waals surface area contributed by atoms with Gasteiger partial charge in [0.1, 0.15) is 23.8 Å². The fourth-order valence-electron chi connectivity index (χ4n) is 9.11. The maximum Gasteiger partial charge on any atom is 0.410 e. The number of ether oxygens (including phenoxy) is 4. The summed E-state index contributed by atoms with van der Waals surface area (Å²) in [7, 11) is 3.83. The van der Waals surface area contributed by atoms with E-state index in [-0.39, 0.29) is 35.8 Å². The number of thiazole rings is 1. The van der Waals surface area contributed by atoms with Gasteiger partial charge in [-0.3, -0.25) is 19.2 Å². The number of hydrogen-bond acceptors (Lipinski definition) is 15. The van der Waals surface area contributed by atoms with Crippen molar-refractivity contribution in [2.75, 3.05) is 32.9 Å². The van der Waals surface area contributed by atoms with Gasteiger partial charge in [-0.1, -0.05) is 43.4 Å². The number of aromatic nitrogens is 4. The number of nitrogens with one attached hydrogen (secondary N) is 1. The summed E-state index contributed by atoms with van der Waals surface area (Å²) in [6.07, 6.45) is 4.83. The minimum absolute atomic E-state index is 0.0977. The number of nitrogens with zero attached hydrogens (tertiary/aromatic N) is 6. The Hall–Kier alpha value is -3.48. The Kier molecular flexibility index (Phi) is 15.5. The highest BCUT2D eigenvalue weighted by molar-refractivity contribution is 7.18. The number of aliphatic hydroxyl groups is 1. The lowest BCUT2D eigenvalue weighted by Crippen LogP contribution is -2.60. The SMILES string of the molecule is C=CC[C@H]1C[C@@H](C)CN[C@H](C)[C@H]2N(CCCCn3cc(-c4cnc(N)s4)nn3)C(=O)O[C@]2(C)[C@@H](CC)OC(=O)[C@H](C)C(=O)[C@H](C)[C@H]1O[C@@H]1OC(C)CC(N(C)C)C1O. The lowest BCUT2D eigenvalue weighted by Gasteiger charge is -2.44. The molecule has 17 heteroatoms. The Morgan fingerprint density at radius 1 is 1.16 bits per heavy atom. The molecule has 0 aliphatic carbocycles. The van der Waals surface area contributed by atoms with Crippen LogP contribution in [0.25, 0.3) is 10.6 Å². The van der Waals surface area contributed by atoms with E-state index in [2.05, 4.69) is 34.1 Å². The average Bonchev–Trinajstić information content (AvgIpc) is 3.90. The van der Waals surface area contributed by atoms with Crippen LogP contribution in [-0.2, 0) is 35.1 Å². The summed E-state index contributed by atoms with van der Waals surface area (Å²) in [6.45, 7) is 18.8. The second-order valence-corrected chi connectivity index (χ2v) is 18.1. The number of amides is 1. The number of carbonyl (C=O) groups excluding carboxylic acids is 3. The number of fused-ring (bicyclic) bond motifs is 1. The Labute approximate surface area is 347 Å². The number of nitrogen functional groups attached to an aromatic ring is 1. The minimum Gasteiger partial charge on any atom is -0.458 e. The molecule has 0 saturated carbocycles. The number of Topliss-reactive ketones (excluding diaryl/α,β-unsaturated/α-hetero) is 1. The highest BCUT2D eigenvalue weighted by Crippen LogP contribution is 2.39. The number of unbranched alkanes of at least 4 members (excludes halogenated alkanes) is 1. The molecule has 0 bridgehead atoms. The van der Waals surface area contributed by atoms with Gasteiger partial charge >= 0.3 is 12.1 Å². The number of aryl methyl sites for hydroxylation is 1. The largest absolute Gasteiger partial charge is 0.458 e. The third-order valence-corrected chi connectivity index (χ3v) is 13.1. The van der Waals surface area contributed by atoms with Crippen molar-refractivity contribution in [3.8, 4) is 10.6 Å². The van der Waals surface area contributed by atoms with Gasteiger partial charge in [-0.05, 0) is 98.7 Å². The molecule has 3 aliphatic rings. The van der Waals surface area contributed by atoms with E-state index in [4.69, 9.17) is 24.7 Å². The summed E-state index contributed by atoms with van der Waals surface area (Å²) in [5.41, 5.74) is 5.28. The number of nitrogens with two attached hydrogens (primary N) is 1. The van der Waals surface area contributed by atoms with Crippen molar-refractivity contribution in [2.45, 2.75) is 148 Å². The maximum absolute atomic E-state index is 14.3. The molecule has 3 saturated heterocycles. The van der Waals surface area contributed by atoms with Gasteiger partial charge in [0.15, 0.2) is 22.8 Å². The van der Waals surface area contributed by atoms with Gasteiger partial charge < -0.3 is 40.0 Å². The van der Waals surface area contributed by atoms with E-state index >= 15 is 0 Å². The summed E-state index contributed by atoms with van der Waals surface area (Å²) in [5.74, 6) is -3.00. The molecule has 0 radical (unpaired) electrons. The molecule has 324 valence electrons. The highest BCUT2D eigenvalue weighted by Gasteiger charge is 2.58. The van der Waals surface area contributed by atoms with Crippen molar-refractivity contribution in [3.05, 3.63) is 25.0 Å². The number of anilines is 1.